The molecule has 3 amide bonds. The number of carbonyl (C=O) groups is 2. The van der Waals surface area contributed by atoms with E-state index in [0.717, 1.165) is 57.1 Å². The van der Waals surface area contributed by atoms with Crippen LogP contribution in [0.2, 0.25) is 0 Å². The molecular formula is C21H33N5O3. The molecule has 2 N–H and O–H groups in total. The minimum absolute atomic E-state index is 0.0201. The van der Waals surface area contributed by atoms with Crippen molar-refractivity contribution in [2.45, 2.75) is 25.8 Å². The second-order valence-corrected chi connectivity index (χ2v) is 7.63. The maximum atomic E-state index is 12.3. The molecule has 1 aromatic rings. The van der Waals surface area contributed by atoms with E-state index in [0.29, 0.717) is 19.5 Å². The molecule has 0 bridgehead atoms. The molecule has 0 spiro atoms. The van der Waals surface area contributed by atoms with Crippen molar-refractivity contribution in [3.05, 3.63) is 24.3 Å². The van der Waals surface area contributed by atoms with Gasteiger partial charge < -0.3 is 30.1 Å². The highest BCUT2D eigenvalue weighted by atomic mass is 16.5. The van der Waals surface area contributed by atoms with Gasteiger partial charge in [0.05, 0.1) is 13.2 Å². The van der Waals surface area contributed by atoms with E-state index in [1.54, 1.807) is 12.0 Å². The monoisotopic (exact) mass is 403 g/mol. The minimum Gasteiger partial charge on any atom is -0.497 e. The molecule has 0 radical (unpaired) electrons. The van der Waals surface area contributed by atoms with Crippen LogP contribution in [0, 0.1) is 0 Å². The average Bonchev–Trinajstić information content (AvgIpc) is 3.11. The van der Waals surface area contributed by atoms with Crippen LogP contribution < -0.4 is 20.3 Å². The van der Waals surface area contributed by atoms with Gasteiger partial charge in [-0.1, -0.05) is 6.92 Å². The van der Waals surface area contributed by atoms with Crippen molar-refractivity contribution in [3.63, 3.8) is 0 Å². The number of amides is 3. The maximum absolute atomic E-state index is 12.3. The van der Waals surface area contributed by atoms with Crippen LogP contribution >= 0.6 is 0 Å². The number of benzene rings is 1. The number of carbonyl (C=O) groups excluding carboxylic acids is 2. The van der Waals surface area contributed by atoms with E-state index in [4.69, 9.17) is 4.74 Å². The smallest absolute Gasteiger partial charge is 0.315 e. The van der Waals surface area contributed by atoms with Gasteiger partial charge in [0.25, 0.3) is 0 Å². The van der Waals surface area contributed by atoms with Gasteiger partial charge in [0.2, 0.25) is 5.91 Å². The summed E-state index contributed by atoms with van der Waals surface area (Å²) in [6.07, 6.45) is 1.25. The first-order valence-corrected chi connectivity index (χ1v) is 10.5. The van der Waals surface area contributed by atoms with E-state index in [1.165, 1.54) is 0 Å². The van der Waals surface area contributed by atoms with Gasteiger partial charge in [-0.05, 0) is 43.8 Å². The molecule has 2 heterocycles. The van der Waals surface area contributed by atoms with Gasteiger partial charge in [-0.25, -0.2) is 4.79 Å². The maximum Gasteiger partial charge on any atom is 0.315 e. The fourth-order valence-corrected chi connectivity index (χ4v) is 3.89. The van der Waals surface area contributed by atoms with Gasteiger partial charge in [0.15, 0.2) is 0 Å². The molecule has 1 unspecified atom stereocenters. The highest BCUT2D eigenvalue weighted by molar-refractivity contribution is 5.96. The molecular weight excluding hydrogens is 370 g/mol. The van der Waals surface area contributed by atoms with Crippen LogP contribution in [-0.2, 0) is 4.79 Å². The zero-order chi connectivity index (χ0) is 20.6. The molecule has 0 aliphatic carbocycles. The van der Waals surface area contributed by atoms with Crippen LogP contribution in [-0.4, -0.2) is 87.2 Å². The third-order valence-corrected chi connectivity index (χ3v) is 5.69. The topological polar surface area (TPSA) is 77.2 Å². The number of urea groups is 1. The molecule has 2 fully saturated rings. The molecule has 1 atom stereocenters. The lowest BCUT2D eigenvalue weighted by atomic mass is 10.2. The summed E-state index contributed by atoms with van der Waals surface area (Å²) in [5, 5.41) is 5.85. The number of rotatable bonds is 8. The van der Waals surface area contributed by atoms with E-state index >= 15 is 0 Å². The summed E-state index contributed by atoms with van der Waals surface area (Å²) in [5.74, 6) is 0.772. The molecule has 0 saturated carbocycles. The van der Waals surface area contributed by atoms with Crippen molar-refractivity contribution in [1.82, 2.24) is 20.4 Å². The molecule has 2 aliphatic heterocycles. The quantitative estimate of drug-likeness (QED) is 0.637. The largest absolute Gasteiger partial charge is 0.497 e. The van der Waals surface area contributed by atoms with Gasteiger partial charge >= 0.3 is 6.03 Å². The zero-order valence-electron chi connectivity index (χ0n) is 17.5. The predicted molar refractivity (Wildman–Crippen MR) is 113 cm³/mol. The number of piperazine rings is 1. The van der Waals surface area contributed by atoms with Crippen LogP contribution in [0.3, 0.4) is 0 Å². The van der Waals surface area contributed by atoms with Gasteiger partial charge in [-0.2, -0.15) is 0 Å². The van der Waals surface area contributed by atoms with Crippen LogP contribution in [0.4, 0.5) is 10.5 Å². The highest BCUT2D eigenvalue weighted by Gasteiger charge is 2.31. The van der Waals surface area contributed by atoms with Crippen molar-refractivity contribution in [3.8, 4) is 5.75 Å². The van der Waals surface area contributed by atoms with Crippen molar-refractivity contribution in [1.29, 1.82) is 0 Å². The van der Waals surface area contributed by atoms with E-state index in [2.05, 4.69) is 27.4 Å². The van der Waals surface area contributed by atoms with Gasteiger partial charge in [-0.3, -0.25) is 4.79 Å². The number of ether oxygens (including phenoxy) is 1. The summed E-state index contributed by atoms with van der Waals surface area (Å²) in [6, 6.07) is 7.01. The molecule has 8 heteroatoms. The van der Waals surface area contributed by atoms with Crippen LogP contribution in [0.15, 0.2) is 24.3 Å². The Morgan fingerprint density at radius 3 is 2.48 bits per heavy atom. The third-order valence-electron chi connectivity index (χ3n) is 5.69. The summed E-state index contributed by atoms with van der Waals surface area (Å²) < 4.78 is 5.15. The van der Waals surface area contributed by atoms with E-state index < -0.39 is 0 Å². The SMILES string of the molecule is CCN1CCN(CCCNC(=O)NC2CC(=O)N(c3ccc(OC)cc3)C2)CC1. The normalized spacial score (nSPS) is 20.7. The Bertz CT molecular complexity index is 673. The van der Waals surface area contributed by atoms with E-state index in [-0.39, 0.29) is 18.0 Å². The Kier molecular flexibility index (Phi) is 7.71. The Balaban J connectivity index is 1.34. The van der Waals surface area contributed by atoms with E-state index in [1.807, 2.05) is 24.3 Å². The van der Waals surface area contributed by atoms with Crippen molar-refractivity contribution >= 4 is 17.6 Å². The van der Waals surface area contributed by atoms with Crippen molar-refractivity contribution in [2.75, 3.05) is 64.4 Å². The molecule has 0 aromatic heterocycles. The standard InChI is InChI=1S/C21H33N5O3/c1-3-24-11-13-25(14-12-24)10-4-9-22-21(28)23-17-15-20(27)26(16-17)18-5-7-19(29-2)8-6-18/h5-8,17H,3-4,9-16H2,1-2H3,(H2,22,23,28). The van der Waals surface area contributed by atoms with Crippen molar-refractivity contribution < 1.29 is 14.3 Å². The number of nitrogens with zero attached hydrogens (tertiary/aromatic N) is 3. The molecule has 3 rings (SSSR count). The Labute approximate surface area is 173 Å². The van der Waals surface area contributed by atoms with Crippen LogP contribution in [0.1, 0.15) is 19.8 Å². The minimum atomic E-state index is -0.199. The lowest BCUT2D eigenvalue weighted by molar-refractivity contribution is -0.117. The van der Waals surface area contributed by atoms with Gasteiger partial charge in [-0.15, -0.1) is 0 Å². The number of likely N-dealkylation sites (N-methyl/N-ethyl adjacent to an activating group) is 1. The molecule has 1 aromatic carbocycles. The summed E-state index contributed by atoms with van der Waals surface area (Å²) in [6.45, 7) is 9.92. The third kappa shape index (κ3) is 6.08. The van der Waals surface area contributed by atoms with Crippen LogP contribution in [0.5, 0.6) is 5.75 Å². The second-order valence-electron chi connectivity index (χ2n) is 7.63. The van der Waals surface area contributed by atoms with Crippen molar-refractivity contribution in [2.24, 2.45) is 0 Å². The summed E-state index contributed by atoms with van der Waals surface area (Å²) in [5.41, 5.74) is 0.823. The lowest BCUT2D eigenvalue weighted by Crippen LogP contribution is -2.47. The molecule has 29 heavy (non-hydrogen) atoms. The number of anilines is 1. The number of nitrogens with one attached hydrogen (secondary N) is 2. The predicted octanol–water partition coefficient (Wildman–Crippen LogP) is 1.13. The zero-order valence-corrected chi connectivity index (χ0v) is 17.5. The fourth-order valence-electron chi connectivity index (χ4n) is 3.89. The number of methoxy groups -OCH3 is 1. The van der Waals surface area contributed by atoms with E-state index in [9.17, 15) is 9.59 Å². The van der Waals surface area contributed by atoms with Gasteiger partial charge in [0.1, 0.15) is 5.75 Å². The highest BCUT2D eigenvalue weighted by Crippen LogP contribution is 2.24. The molecule has 160 valence electrons. The lowest BCUT2D eigenvalue weighted by Gasteiger charge is -2.33. The molecule has 8 nitrogen and oxygen atoms in total. The first kappa shape index (κ1) is 21.4. The fraction of sp³-hybridized carbons (Fsp3) is 0.619. The first-order chi connectivity index (χ1) is 14.1. The Morgan fingerprint density at radius 1 is 1.14 bits per heavy atom. The Morgan fingerprint density at radius 2 is 1.83 bits per heavy atom. The Hall–Kier alpha value is -2.32. The molecule has 2 saturated heterocycles. The first-order valence-electron chi connectivity index (χ1n) is 10.5. The summed E-state index contributed by atoms with van der Waals surface area (Å²) in [7, 11) is 1.61. The van der Waals surface area contributed by atoms with Crippen LogP contribution in [0.25, 0.3) is 0 Å². The average molecular weight is 404 g/mol. The van der Waals surface area contributed by atoms with Gasteiger partial charge in [0, 0.05) is 51.4 Å². The molecule has 2 aliphatic rings. The summed E-state index contributed by atoms with van der Waals surface area (Å²) in [4.78, 5) is 31.1. The second kappa shape index (κ2) is 10.5. The summed E-state index contributed by atoms with van der Waals surface area (Å²) >= 11 is 0. The number of hydrogen-bond acceptors (Lipinski definition) is 5. The number of hydrogen-bond donors (Lipinski definition) is 2.